The van der Waals surface area contributed by atoms with Gasteiger partial charge >= 0.3 is 0 Å². The molecule has 0 aliphatic rings. The number of nitrogens with zero attached hydrogens (tertiary/aromatic N) is 1. The van der Waals surface area contributed by atoms with E-state index in [1.807, 2.05) is 92.8 Å². The molecule has 0 aliphatic heterocycles. The summed E-state index contributed by atoms with van der Waals surface area (Å²) in [6, 6.07) is 35.7. The number of carbonyl (C=O) groups is 2. The summed E-state index contributed by atoms with van der Waals surface area (Å²) in [5.74, 6) is -0.595. The fourth-order valence-electron chi connectivity index (χ4n) is 4.88. The summed E-state index contributed by atoms with van der Waals surface area (Å²) in [6.07, 6.45) is -0.357. The third kappa shape index (κ3) is 8.37. The van der Waals surface area contributed by atoms with Gasteiger partial charge in [-0.25, -0.2) is 0 Å². The number of carbonyl (C=O) groups excluding carboxylic acids is 2. The monoisotopic (exact) mass is 549 g/mol. The van der Waals surface area contributed by atoms with Crippen LogP contribution in [0, 0.1) is 0 Å². The van der Waals surface area contributed by atoms with Crippen molar-refractivity contribution < 1.29 is 14.7 Å². The summed E-state index contributed by atoms with van der Waals surface area (Å²) in [5, 5.41) is 17.4. The Morgan fingerprint density at radius 3 is 1.80 bits per heavy atom. The first-order chi connectivity index (χ1) is 19.8. The van der Waals surface area contributed by atoms with Crippen LogP contribution in [0.2, 0.25) is 0 Å². The van der Waals surface area contributed by atoms with Gasteiger partial charge in [-0.1, -0.05) is 97.1 Å². The second-order valence-electron chi connectivity index (χ2n) is 10.5. The summed E-state index contributed by atoms with van der Waals surface area (Å²) < 4.78 is 0. The molecular formula is C35H39N3O3. The molecule has 4 aromatic carbocycles. The van der Waals surface area contributed by atoms with Crippen LogP contribution >= 0.6 is 0 Å². The van der Waals surface area contributed by atoms with E-state index in [1.54, 1.807) is 24.3 Å². The van der Waals surface area contributed by atoms with Crippen LogP contribution < -0.4 is 10.6 Å². The second-order valence-corrected chi connectivity index (χ2v) is 10.5. The molecule has 0 spiro atoms. The summed E-state index contributed by atoms with van der Waals surface area (Å²) >= 11 is 0. The molecule has 0 bridgehead atoms. The fraction of sp³-hybridized carbons (Fsp3) is 0.257. The van der Waals surface area contributed by atoms with Gasteiger partial charge in [-0.05, 0) is 62.2 Å². The van der Waals surface area contributed by atoms with Crippen LogP contribution in [0.3, 0.4) is 0 Å². The predicted molar refractivity (Wildman–Crippen MR) is 164 cm³/mol. The van der Waals surface area contributed by atoms with Crippen molar-refractivity contribution in [2.75, 3.05) is 13.6 Å². The topological polar surface area (TPSA) is 81.7 Å². The maximum atomic E-state index is 13.4. The average Bonchev–Trinajstić information content (AvgIpc) is 3.01. The Bertz CT molecular complexity index is 1400. The van der Waals surface area contributed by atoms with Gasteiger partial charge in [0.2, 0.25) is 0 Å². The van der Waals surface area contributed by atoms with Crippen molar-refractivity contribution in [2.24, 2.45) is 0 Å². The number of hydrogen-bond acceptors (Lipinski definition) is 4. The zero-order valence-electron chi connectivity index (χ0n) is 23.9. The van der Waals surface area contributed by atoms with E-state index >= 15 is 0 Å². The second kappa shape index (κ2) is 14.4. The van der Waals surface area contributed by atoms with E-state index in [4.69, 9.17) is 0 Å². The Kier molecular flexibility index (Phi) is 10.4. The fourth-order valence-corrected chi connectivity index (χ4v) is 4.88. The van der Waals surface area contributed by atoms with Gasteiger partial charge in [-0.15, -0.1) is 0 Å². The van der Waals surface area contributed by atoms with Gasteiger partial charge in [0.1, 0.15) is 0 Å². The number of aliphatic hydroxyl groups is 1. The maximum Gasteiger partial charge on any atom is 0.251 e. The highest BCUT2D eigenvalue weighted by atomic mass is 16.3. The molecule has 0 unspecified atom stereocenters. The summed E-state index contributed by atoms with van der Waals surface area (Å²) in [7, 11) is 1.97. The molecular weight excluding hydrogens is 510 g/mol. The number of rotatable bonds is 12. The smallest absolute Gasteiger partial charge is 0.251 e. The van der Waals surface area contributed by atoms with Gasteiger partial charge in [-0.3, -0.25) is 14.5 Å². The molecule has 6 nitrogen and oxygen atoms in total. The van der Waals surface area contributed by atoms with Crippen LogP contribution in [-0.4, -0.2) is 47.6 Å². The number of amides is 2. The number of likely N-dealkylation sites (N-methyl/N-ethyl adjacent to an activating group) is 1. The van der Waals surface area contributed by atoms with Crippen molar-refractivity contribution in [3.05, 3.63) is 143 Å². The molecule has 3 N–H and O–H groups in total. The molecule has 4 rings (SSSR count). The molecule has 4 atom stereocenters. The van der Waals surface area contributed by atoms with Crippen LogP contribution in [0.5, 0.6) is 0 Å². The van der Waals surface area contributed by atoms with Crippen LogP contribution in [0.15, 0.2) is 115 Å². The average molecular weight is 550 g/mol. The standard InChI is InChI=1S/C35H39N3O3/c1-25(28-16-9-5-10-17-28)36-34(40)30-20-13-21-31(23-30)35(41)37-32(22-27-14-7-4-8-15-27)33(39)24-38(3)26(2)29-18-11-6-12-19-29/h4-21,23,25-26,32-33,39H,22,24H2,1-3H3,(H,36,40)(H,37,41)/t25-,26-,32-,33+/m0/s1. The minimum Gasteiger partial charge on any atom is -0.390 e. The molecule has 0 aliphatic carbocycles. The lowest BCUT2D eigenvalue weighted by Crippen LogP contribution is -2.49. The van der Waals surface area contributed by atoms with E-state index < -0.39 is 12.1 Å². The van der Waals surface area contributed by atoms with Crippen LogP contribution in [0.1, 0.15) is 63.3 Å². The highest BCUT2D eigenvalue weighted by molar-refractivity contribution is 5.99. The highest BCUT2D eigenvalue weighted by Crippen LogP contribution is 2.20. The first-order valence-electron chi connectivity index (χ1n) is 14.1. The molecule has 212 valence electrons. The highest BCUT2D eigenvalue weighted by Gasteiger charge is 2.26. The Balaban J connectivity index is 1.46. The van der Waals surface area contributed by atoms with Crippen molar-refractivity contribution >= 4 is 11.8 Å². The number of nitrogens with one attached hydrogen (secondary N) is 2. The predicted octanol–water partition coefficient (Wildman–Crippen LogP) is 5.57. The zero-order chi connectivity index (χ0) is 29.2. The van der Waals surface area contributed by atoms with Crippen molar-refractivity contribution in [3.63, 3.8) is 0 Å². The van der Waals surface area contributed by atoms with Gasteiger partial charge in [0.05, 0.1) is 18.2 Å². The number of benzene rings is 4. The largest absolute Gasteiger partial charge is 0.390 e. The lowest BCUT2D eigenvalue weighted by molar-refractivity contribution is 0.0656. The normalized spacial score (nSPS) is 14.1. The minimum absolute atomic E-state index is 0.0902. The Labute approximate surface area is 243 Å². The molecule has 0 radical (unpaired) electrons. The van der Waals surface area contributed by atoms with E-state index in [0.717, 1.165) is 16.7 Å². The molecule has 0 aromatic heterocycles. The third-order valence-electron chi connectivity index (χ3n) is 7.53. The molecule has 6 heteroatoms. The maximum absolute atomic E-state index is 13.4. The Morgan fingerprint density at radius 2 is 1.22 bits per heavy atom. The van der Waals surface area contributed by atoms with E-state index in [9.17, 15) is 14.7 Å². The summed E-state index contributed by atoms with van der Waals surface area (Å²) in [4.78, 5) is 28.5. The van der Waals surface area contributed by atoms with Crippen molar-refractivity contribution in [3.8, 4) is 0 Å². The van der Waals surface area contributed by atoms with Gasteiger partial charge in [-0.2, -0.15) is 0 Å². The lowest BCUT2D eigenvalue weighted by atomic mass is 9.99. The quantitative estimate of drug-likeness (QED) is 0.216. The Morgan fingerprint density at radius 1 is 0.707 bits per heavy atom. The van der Waals surface area contributed by atoms with E-state index in [2.05, 4.69) is 34.6 Å². The summed E-state index contributed by atoms with van der Waals surface area (Å²) in [5.41, 5.74) is 3.93. The molecule has 0 fully saturated rings. The molecule has 0 saturated carbocycles. The Hall–Kier alpha value is -4.26. The van der Waals surface area contributed by atoms with Gasteiger partial charge < -0.3 is 15.7 Å². The van der Waals surface area contributed by atoms with Crippen molar-refractivity contribution in [2.45, 2.75) is 44.5 Å². The molecule has 4 aromatic rings. The van der Waals surface area contributed by atoms with Gasteiger partial charge in [0.25, 0.3) is 11.8 Å². The van der Waals surface area contributed by atoms with Gasteiger partial charge in [0, 0.05) is 23.7 Å². The molecule has 0 heterocycles. The molecule has 2 amide bonds. The number of hydrogen-bond donors (Lipinski definition) is 3. The van der Waals surface area contributed by atoms with Crippen molar-refractivity contribution in [1.82, 2.24) is 15.5 Å². The van der Waals surface area contributed by atoms with Crippen LogP contribution in [0.25, 0.3) is 0 Å². The first kappa shape index (κ1) is 29.7. The van der Waals surface area contributed by atoms with E-state index in [1.165, 1.54) is 0 Å². The first-order valence-corrected chi connectivity index (χ1v) is 14.1. The minimum atomic E-state index is -0.825. The molecule has 0 saturated heterocycles. The number of aliphatic hydroxyl groups excluding tert-OH is 1. The lowest BCUT2D eigenvalue weighted by Gasteiger charge is -2.31. The van der Waals surface area contributed by atoms with E-state index in [0.29, 0.717) is 24.1 Å². The summed E-state index contributed by atoms with van der Waals surface area (Å²) in [6.45, 7) is 4.39. The van der Waals surface area contributed by atoms with Crippen molar-refractivity contribution in [1.29, 1.82) is 0 Å². The SMILES string of the molecule is C[C@H](NC(=O)c1cccc(C(=O)N[C@@H](Cc2ccccc2)[C@H](O)CN(C)[C@@H](C)c2ccccc2)c1)c1ccccc1. The van der Waals surface area contributed by atoms with Crippen LogP contribution in [-0.2, 0) is 6.42 Å². The van der Waals surface area contributed by atoms with Crippen LogP contribution in [0.4, 0.5) is 0 Å². The van der Waals surface area contributed by atoms with Gasteiger partial charge in [0.15, 0.2) is 0 Å². The third-order valence-corrected chi connectivity index (χ3v) is 7.53. The molecule has 41 heavy (non-hydrogen) atoms. The zero-order valence-corrected chi connectivity index (χ0v) is 23.9. The van der Waals surface area contributed by atoms with E-state index in [-0.39, 0.29) is 23.9 Å².